The third kappa shape index (κ3) is 3.96. The molecule has 140 valence electrons. The topological polar surface area (TPSA) is 71.6 Å². The molecule has 1 heterocycles. The number of esters is 1. The molecule has 6 nitrogen and oxygen atoms in total. The highest BCUT2D eigenvalue weighted by Gasteiger charge is 2.27. The minimum absolute atomic E-state index is 0.0638. The van der Waals surface area contributed by atoms with E-state index in [1.165, 1.54) is 7.11 Å². The maximum atomic E-state index is 12.9. The predicted octanol–water partition coefficient (Wildman–Crippen LogP) is 3.13. The van der Waals surface area contributed by atoms with Crippen LogP contribution < -0.4 is 4.74 Å². The zero-order valence-electron chi connectivity index (χ0n) is 16.2. The summed E-state index contributed by atoms with van der Waals surface area (Å²) in [5.74, 6) is 0.285. The van der Waals surface area contributed by atoms with Crippen LogP contribution in [0.5, 0.6) is 5.75 Å². The highest BCUT2D eigenvalue weighted by Crippen LogP contribution is 2.22. The number of likely N-dealkylation sites (N-methyl/N-ethyl adjacent to an activating group) is 1. The maximum absolute atomic E-state index is 12.9. The number of H-pyrrole nitrogens is 1. The summed E-state index contributed by atoms with van der Waals surface area (Å²) in [6.45, 7) is 5.99. The van der Waals surface area contributed by atoms with Crippen LogP contribution in [0.15, 0.2) is 24.3 Å². The molecule has 0 bridgehead atoms. The molecule has 0 radical (unpaired) electrons. The lowest BCUT2D eigenvalue weighted by molar-refractivity contribution is 0.0599. The Labute approximate surface area is 154 Å². The van der Waals surface area contributed by atoms with Crippen LogP contribution in [0.2, 0.25) is 0 Å². The number of aromatic amines is 1. The first kappa shape index (κ1) is 19.7. The number of carbonyl (C=O) groups excluding carboxylic acids is 2. The van der Waals surface area contributed by atoms with Crippen molar-refractivity contribution in [1.29, 1.82) is 0 Å². The van der Waals surface area contributed by atoms with Gasteiger partial charge in [0.15, 0.2) is 5.78 Å². The molecule has 6 heteroatoms. The summed E-state index contributed by atoms with van der Waals surface area (Å²) in [4.78, 5) is 29.9. The molecule has 1 atom stereocenters. The summed E-state index contributed by atoms with van der Waals surface area (Å²) in [5, 5.41) is 0. The molecule has 0 spiro atoms. The molecule has 26 heavy (non-hydrogen) atoms. The zero-order chi connectivity index (χ0) is 19.4. The van der Waals surface area contributed by atoms with Crippen LogP contribution in [0.4, 0.5) is 0 Å². The van der Waals surface area contributed by atoms with E-state index in [-0.39, 0.29) is 11.8 Å². The minimum Gasteiger partial charge on any atom is -0.497 e. The normalized spacial score (nSPS) is 12.1. The summed E-state index contributed by atoms with van der Waals surface area (Å²) in [6.07, 6.45) is 0. The molecule has 0 aliphatic rings. The number of methoxy groups -OCH3 is 2. The fraction of sp³-hybridized carbons (Fsp3) is 0.400. The van der Waals surface area contributed by atoms with E-state index in [9.17, 15) is 9.59 Å². The van der Waals surface area contributed by atoms with E-state index in [1.54, 1.807) is 21.0 Å². The van der Waals surface area contributed by atoms with Gasteiger partial charge in [-0.1, -0.05) is 12.1 Å². The van der Waals surface area contributed by atoms with E-state index in [2.05, 4.69) is 4.98 Å². The number of nitrogens with one attached hydrogen (secondary N) is 1. The molecule has 0 saturated heterocycles. The number of rotatable bonds is 7. The second kappa shape index (κ2) is 8.19. The van der Waals surface area contributed by atoms with Gasteiger partial charge in [0.25, 0.3) is 0 Å². The van der Waals surface area contributed by atoms with Gasteiger partial charge in [-0.25, -0.2) is 4.79 Å². The molecule has 0 fully saturated rings. The lowest BCUT2D eigenvalue weighted by Gasteiger charge is -2.23. The lowest BCUT2D eigenvalue weighted by Crippen LogP contribution is -2.36. The number of nitrogens with zero attached hydrogens (tertiary/aromatic N) is 1. The van der Waals surface area contributed by atoms with Crippen LogP contribution in [-0.2, 0) is 11.3 Å². The zero-order valence-corrected chi connectivity index (χ0v) is 16.2. The second-order valence-corrected chi connectivity index (χ2v) is 6.42. The standard InChI is InChI=1S/C20H26N2O4/c1-12-17(20(24)26-6)13(2)21-18(12)19(23)14(3)22(4)11-15-8-7-9-16(10-15)25-5/h7-10,14,21H,11H2,1-6H3/t14-/m1/s1. The highest BCUT2D eigenvalue weighted by molar-refractivity contribution is 6.03. The Kier molecular flexibility index (Phi) is 6.21. The number of hydrogen-bond acceptors (Lipinski definition) is 5. The van der Waals surface area contributed by atoms with Crippen molar-refractivity contribution >= 4 is 11.8 Å². The van der Waals surface area contributed by atoms with Gasteiger partial charge in [0.2, 0.25) is 0 Å². The first-order chi connectivity index (χ1) is 12.3. The molecule has 0 saturated carbocycles. The van der Waals surface area contributed by atoms with Gasteiger partial charge in [-0.15, -0.1) is 0 Å². The van der Waals surface area contributed by atoms with Crippen molar-refractivity contribution in [3.05, 3.63) is 52.3 Å². The molecule has 2 rings (SSSR count). The fourth-order valence-corrected chi connectivity index (χ4v) is 3.01. The van der Waals surface area contributed by atoms with Crippen LogP contribution >= 0.6 is 0 Å². The molecule has 2 aromatic rings. The summed E-state index contributed by atoms with van der Waals surface area (Å²) in [6, 6.07) is 7.40. The summed E-state index contributed by atoms with van der Waals surface area (Å²) in [7, 11) is 4.86. The first-order valence-corrected chi connectivity index (χ1v) is 8.45. The van der Waals surface area contributed by atoms with Crippen LogP contribution in [-0.4, -0.2) is 48.9 Å². The number of benzene rings is 1. The number of aryl methyl sites for hydroxylation is 1. The quantitative estimate of drug-likeness (QED) is 0.608. The van der Waals surface area contributed by atoms with Gasteiger partial charge in [0.1, 0.15) is 5.75 Å². The van der Waals surface area contributed by atoms with Gasteiger partial charge < -0.3 is 14.5 Å². The monoisotopic (exact) mass is 358 g/mol. The third-order valence-corrected chi connectivity index (χ3v) is 4.68. The molecule has 0 amide bonds. The molecule has 0 aliphatic heterocycles. The second-order valence-electron chi connectivity index (χ2n) is 6.42. The minimum atomic E-state index is -0.437. The number of ketones is 1. The molecule has 0 aliphatic carbocycles. The maximum Gasteiger partial charge on any atom is 0.339 e. The van der Waals surface area contributed by atoms with Crippen LogP contribution in [0.25, 0.3) is 0 Å². The predicted molar refractivity (Wildman–Crippen MR) is 99.9 cm³/mol. The van der Waals surface area contributed by atoms with E-state index < -0.39 is 5.97 Å². The van der Waals surface area contributed by atoms with Crippen LogP contribution in [0.3, 0.4) is 0 Å². The Morgan fingerprint density at radius 1 is 1.23 bits per heavy atom. The Hall–Kier alpha value is -2.60. The summed E-state index contributed by atoms with van der Waals surface area (Å²) < 4.78 is 10.1. The molecular weight excluding hydrogens is 332 g/mol. The molecule has 0 unspecified atom stereocenters. The number of hydrogen-bond donors (Lipinski definition) is 1. The smallest absolute Gasteiger partial charge is 0.339 e. The van der Waals surface area contributed by atoms with E-state index in [0.717, 1.165) is 11.3 Å². The van der Waals surface area contributed by atoms with Gasteiger partial charge in [0, 0.05) is 12.2 Å². The Balaban J connectivity index is 2.19. The van der Waals surface area contributed by atoms with Crippen molar-refractivity contribution < 1.29 is 19.1 Å². The Bertz CT molecular complexity index is 810. The van der Waals surface area contributed by atoms with Crippen LogP contribution in [0, 0.1) is 13.8 Å². The van der Waals surface area contributed by atoms with Gasteiger partial charge in [0.05, 0.1) is 31.5 Å². The Morgan fingerprint density at radius 2 is 1.92 bits per heavy atom. The van der Waals surface area contributed by atoms with Crippen molar-refractivity contribution in [2.45, 2.75) is 33.4 Å². The molecule has 1 aromatic carbocycles. The Morgan fingerprint density at radius 3 is 2.54 bits per heavy atom. The van der Waals surface area contributed by atoms with E-state index in [1.807, 2.05) is 43.1 Å². The van der Waals surface area contributed by atoms with E-state index >= 15 is 0 Å². The SMILES string of the molecule is COC(=O)c1c(C)[nH]c(C(=O)[C@@H](C)N(C)Cc2cccc(OC)c2)c1C. The average Bonchev–Trinajstić information content (AvgIpc) is 2.94. The van der Waals surface area contributed by atoms with Crippen molar-refractivity contribution in [3.63, 3.8) is 0 Å². The number of aromatic nitrogens is 1. The van der Waals surface area contributed by atoms with Crippen molar-refractivity contribution in [1.82, 2.24) is 9.88 Å². The van der Waals surface area contributed by atoms with Crippen LogP contribution in [0.1, 0.15) is 44.6 Å². The van der Waals surface area contributed by atoms with E-state index in [0.29, 0.717) is 29.1 Å². The van der Waals surface area contributed by atoms with Crippen molar-refractivity contribution in [3.8, 4) is 5.75 Å². The van der Waals surface area contributed by atoms with Crippen molar-refractivity contribution in [2.75, 3.05) is 21.3 Å². The van der Waals surface area contributed by atoms with E-state index in [4.69, 9.17) is 9.47 Å². The number of Topliss-reactive ketones (excluding diaryl/α,β-unsaturated/α-hetero) is 1. The molecular formula is C20H26N2O4. The molecule has 1 aromatic heterocycles. The number of ether oxygens (including phenoxy) is 2. The molecule has 1 N–H and O–H groups in total. The number of carbonyl (C=O) groups is 2. The largest absolute Gasteiger partial charge is 0.497 e. The lowest BCUT2D eigenvalue weighted by atomic mass is 10.0. The van der Waals surface area contributed by atoms with Gasteiger partial charge >= 0.3 is 5.97 Å². The average molecular weight is 358 g/mol. The highest BCUT2D eigenvalue weighted by atomic mass is 16.5. The summed E-state index contributed by atoms with van der Waals surface area (Å²) in [5.41, 5.74) is 3.20. The van der Waals surface area contributed by atoms with Crippen molar-refractivity contribution in [2.24, 2.45) is 0 Å². The summed E-state index contributed by atoms with van der Waals surface area (Å²) >= 11 is 0. The third-order valence-electron chi connectivity index (χ3n) is 4.68. The first-order valence-electron chi connectivity index (χ1n) is 8.45. The van der Waals surface area contributed by atoms with Gasteiger partial charge in [-0.2, -0.15) is 0 Å². The van der Waals surface area contributed by atoms with Gasteiger partial charge in [-0.3, -0.25) is 9.69 Å². The van der Waals surface area contributed by atoms with Gasteiger partial charge in [-0.05, 0) is 51.1 Å². The fourth-order valence-electron chi connectivity index (χ4n) is 3.01.